The topological polar surface area (TPSA) is 87.3 Å². The molecule has 0 saturated carbocycles. The Bertz CT molecular complexity index is 1020. The first-order valence-electron chi connectivity index (χ1n) is 9.27. The summed E-state index contributed by atoms with van der Waals surface area (Å²) in [7, 11) is 0. The number of hydrogen-bond acceptors (Lipinski definition) is 5. The number of carbonyl (C=O) groups is 2. The van der Waals surface area contributed by atoms with E-state index in [2.05, 4.69) is 15.3 Å². The number of amides is 2. The minimum Gasteiger partial charge on any atom is -0.376 e. The summed E-state index contributed by atoms with van der Waals surface area (Å²) in [6, 6.07) is 7.69. The van der Waals surface area contributed by atoms with Crippen molar-refractivity contribution in [1.29, 1.82) is 0 Å². The van der Waals surface area contributed by atoms with Crippen molar-refractivity contribution in [3.05, 3.63) is 41.0 Å². The van der Waals surface area contributed by atoms with Crippen LogP contribution in [0.15, 0.2) is 30.5 Å². The average Bonchev–Trinajstić information content (AvgIpc) is 3.39. The molecule has 3 aromatic rings. The second-order valence-electron chi connectivity index (χ2n) is 6.91. The molecule has 2 N–H and O–H groups in total. The minimum atomic E-state index is -0.229. The van der Waals surface area contributed by atoms with Gasteiger partial charge in [-0.25, -0.2) is 4.98 Å². The molecule has 1 saturated heterocycles. The zero-order valence-electron chi connectivity index (χ0n) is 15.8. The van der Waals surface area contributed by atoms with E-state index >= 15 is 0 Å². The quantitative estimate of drug-likeness (QED) is 0.686. The highest BCUT2D eigenvalue weighted by molar-refractivity contribution is 7.17. The van der Waals surface area contributed by atoms with Gasteiger partial charge in [-0.2, -0.15) is 0 Å². The van der Waals surface area contributed by atoms with Gasteiger partial charge < -0.3 is 15.0 Å². The number of benzene rings is 1. The second-order valence-corrected chi connectivity index (χ2v) is 7.89. The van der Waals surface area contributed by atoms with Crippen LogP contribution in [0, 0.1) is 6.92 Å². The summed E-state index contributed by atoms with van der Waals surface area (Å²) < 4.78 is 5.65. The number of nitrogens with one attached hydrogen (secondary N) is 2. The van der Waals surface area contributed by atoms with E-state index in [1.54, 1.807) is 11.8 Å². The monoisotopic (exact) mass is 398 g/mol. The molecule has 1 aliphatic rings. The predicted molar refractivity (Wildman–Crippen MR) is 110 cm³/mol. The number of rotatable bonds is 5. The van der Waals surface area contributed by atoms with Crippen LogP contribution < -0.4 is 10.2 Å². The van der Waals surface area contributed by atoms with Crippen LogP contribution in [-0.4, -0.2) is 41.0 Å². The molecule has 28 heavy (non-hydrogen) atoms. The molecule has 2 amide bonds. The number of aromatic nitrogens is 2. The zero-order chi connectivity index (χ0) is 19.7. The van der Waals surface area contributed by atoms with E-state index in [-0.39, 0.29) is 17.9 Å². The molecule has 0 bridgehead atoms. The summed E-state index contributed by atoms with van der Waals surface area (Å²) >= 11 is 1.23. The number of ether oxygens (including phenoxy) is 1. The van der Waals surface area contributed by atoms with Crippen molar-refractivity contribution < 1.29 is 14.3 Å². The van der Waals surface area contributed by atoms with Crippen LogP contribution in [0.1, 0.15) is 35.1 Å². The number of fused-ring (bicyclic) bond motifs is 1. The third kappa shape index (κ3) is 3.79. The summed E-state index contributed by atoms with van der Waals surface area (Å²) in [6.07, 6.45) is 3.83. The van der Waals surface area contributed by atoms with Crippen molar-refractivity contribution in [3.8, 4) is 0 Å². The number of hydrogen-bond donors (Lipinski definition) is 2. The molecule has 1 aromatic carbocycles. The SMILES string of the molecule is CC(=O)N(C[C@@H]1CCCO1)c1nc(C)c(C(=O)Nc2ccc3cc[nH]c3c2)s1. The predicted octanol–water partition coefficient (Wildman–Crippen LogP) is 3.72. The number of nitrogens with zero attached hydrogens (tertiary/aromatic N) is 2. The van der Waals surface area contributed by atoms with Gasteiger partial charge in [-0.05, 0) is 43.4 Å². The smallest absolute Gasteiger partial charge is 0.267 e. The maximum absolute atomic E-state index is 12.8. The van der Waals surface area contributed by atoms with E-state index in [1.807, 2.05) is 30.5 Å². The van der Waals surface area contributed by atoms with E-state index in [0.29, 0.717) is 27.9 Å². The fourth-order valence-electron chi connectivity index (χ4n) is 3.36. The Morgan fingerprint density at radius 3 is 3.00 bits per heavy atom. The standard InChI is InChI=1S/C20H22N4O3S/c1-12-18(19(26)23-15-6-5-14-7-8-21-17(14)10-15)28-20(22-12)24(13(2)25)11-16-4-3-9-27-16/h5-8,10,16,21H,3-4,9,11H2,1-2H3,(H,23,26)/t16-/m0/s1. The molecule has 3 heterocycles. The molecule has 146 valence electrons. The van der Waals surface area contributed by atoms with Crippen molar-refractivity contribution in [2.45, 2.75) is 32.8 Å². The van der Waals surface area contributed by atoms with Gasteiger partial charge >= 0.3 is 0 Å². The first kappa shape index (κ1) is 18.6. The Hall–Kier alpha value is -2.71. The molecular weight excluding hydrogens is 376 g/mol. The fraction of sp³-hybridized carbons (Fsp3) is 0.350. The summed E-state index contributed by atoms with van der Waals surface area (Å²) in [6.45, 7) is 4.49. The lowest BCUT2D eigenvalue weighted by Gasteiger charge is -2.21. The van der Waals surface area contributed by atoms with Gasteiger partial charge in [0.25, 0.3) is 5.91 Å². The van der Waals surface area contributed by atoms with Gasteiger partial charge in [-0.1, -0.05) is 17.4 Å². The Balaban J connectivity index is 1.53. The number of aromatic amines is 1. The van der Waals surface area contributed by atoms with E-state index in [4.69, 9.17) is 4.74 Å². The maximum Gasteiger partial charge on any atom is 0.267 e. The molecule has 1 fully saturated rings. The van der Waals surface area contributed by atoms with Crippen LogP contribution in [0.2, 0.25) is 0 Å². The van der Waals surface area contributed by atoms with Gasteiger partial charge in [0.05, 0.1) is 18.3 Å². The van der Waals surface area contributed by atoms with Crippen molar-refractivity contribution in [3.63, 3.8) is 0 Å². The van der Waals surface area contributed by atoms with E-state index in [0.717, 1.165) is 30.4 Å². The van der Waals surface area contributed by atoms with Gasteiger partial charge in [0.1, 0.15) is 4.88 Å². The third-order valence-corrected chi connectivity index (χ3v) is 6.00. The van der Waals surface area contributed by atoms with E-state index in [9.17, 15) is 9.59 Å². The largest absolute Gasteiger partial charge is 0.376 e. The molecule has 0 unspecified atom stereocenters. The average molecular weight is 398 g/mol. The van der Waals surface area contributed by atoms with Crippen LogP contribution in [-0.2, 0) is 9.53 Å². The molecule has 4 rings (SSSR count). The van der Waals surface area contributed by atoms with Gasteiger partial charge in [-0.3, -0.25) is 14.5 Å². The molecule has 8 heteroatoms. The molecular formula is C20H22N4O3S. The first-order valence-corrected chi connectivity index (χ1v) is 10.1. The van der Waals surface area contributed by atoms with Crippen molar-refractivity contribution in [2.75, 3.05) is 23.4 Å². The van der Waals surface area contributed by atoms with Gasteiger partial charge in [0.2, 0.25) is 5.91 Å². The van der Waals surface area contributed by atoms with Crippen LogP contribution in [0.25, 0.3) is 10.9 Å². The van der Waals surface area contributed by atoms with Crippen LogP contribution in [0.5, 0.6) is 0 Å². The van der Waals surface area contributed by atoms with Crippen molar-refractivity contribution in [1.82, 2.24) is 9.97 Å². The van der Waals surface area contributed by atoms with Gasteiger partial charge in [0.15, 0.2) is 5.13 Å². The number of carbonyl (C=O) groups excluding carboxylic acids is 2. The highest BCUT2D eigenvalue weighted by Gasteiger charge is 2.26. The normalized spacial score (nSPS) is 16.4. The summed E-state index contributed by atoms with van der Waals surface area (Å²) in [5.41, 5.74) is 2.27. The summed E-state index contributed by atoms with van der Waals surface area (Å²) in [5.74, 6) is -0.332. The van der Waals surface area contributed by atoms with E-state index in [1.165, 1.54) is 18.3 Å². The Labute approximate surface area is 166 Å². The number of thiazole rings is 1. The van der Waals surface area contributed by atoms with Gasteiger partial charge in [-0.15, -0.1) is 0 Å². The Morgan fingerprint density at radius 1 is 1.39 bits per heavy atom. The van der Waals surface area contributed by atoms with E-state index < -0.39 is 0 Å². The number of H-pyrrole nitrogens is 1. The van der Waals surface area contributed by atoms with Crippen molar-refractivity contribution in [2.24, 2.45) is 0 Å². The summed E-state index contributed by atoms with van der Waals surface area (Å²) in [5, 5.41) is 4.54. The highest BCUT2D eigenvalue weighted by Crippen LogP contribution is 2.29. The number of aryl methyl sites for hydroxylation is 1. The first-order chi connectivity index (χ1) is 13.5. The van der Waals surface area contributed by atoms with Crippen LogP contribution in [0.3, 0.4) is 0 Å². The minimum absolute atomic E-state index is 0.0258. The molecule has 7 nitrogen and oxygen atoms in total. The Morgan fingerprint density at radius 2 is 2.25 bits per heavy atom. The molecule has 1 atom stereocenters. The molecule has 0 radical (unpaired) electrons. The highest BCUT2D eigenvalue weighted by atomic mass is 32.1. The summed E-state index contributed by atoms with van der Waals surface area (Å²) in [4.78, 5) is 34.6. The number of anilines is 2. The second kappa shape index (κ2) is 7.73. The fourth-order valence-corrected chi connectivity index (χ4v) is 4.37. The lowest BCUT2D eigenvalue weighted by Crippen LogP contribution is -2.35. The van der Waals surface area contributed by atoms with Crippen LogP contribution >= 0.6 is 11.3 Å². The molecule has 0 spiro atoms. The zero-order valence-corrected chi connectivity index (χ0v) is 16.6. The molecule has 0 aliphatic carbocycles. The van der Waals surface area contributed by atoms with Crippen molar-refractivity contribution >= 4 is 44.9 Å². The Kier molecular flexibility index (Phi) is 5.15. The third-order valence-electron chi connectivity index (χ3n) is 4.83. The molecule has 2 aromatic heterocycles. The van der Waals surface area contributed by atoms with Crippen LogP contribution in [0.4, 0.5) is 10.8 Å². The lowest BCUT2D eigenvalue weighted by molar-refractivity contribution is -0.116. The lowest BCUT2D eigenvalue weighted by atomic mass is 10.2. The van der Waals surface area contributed by atoms with Gasteiger partial charge in [0, 0.05) is 30.9 Å². The maximum atomic E-state index is 12.8. The molecule has 1 aliphatic heterocycles.